The lowest BCUT2D eigenvalue weighted by Gasteiger charge is -2.21. The van der Waals surface area contributed by atoms with E-state index in [1.165, 1.54) is 0 Å². The predicted molar refractivity (Wildman–Crippen MR) is 64.0 cm³/mol. The van der Waals surface area contributed by atoms with E-state index >= 15 is 0 Å². The molecular weight excluding hydrogens is 218 g/mol. The smallest absolute Gasteiger partial charge is 0.306 e. The van der Waals surface area contributed by atoms with E-state index in [1.54, 1.807) is 11.0 Å². The molecule has 0 radical (unpaired) electrons. The second-order valence-electron chi connectivity index (χ2n) is 4.04. The first-order valence-electron chi connectivity index (χ1n) is 5.34. The molecule has 1 aromatic heterocycles. The lowest BCUT2D eigenvalue weighted by Crippen LogP contribution is -2.30. The molecule has 1 aliphatic rings. The second kappa shape index (κ2) is 4.04. The molecule has 1 aliphatic heterocycles. The van der Waals surface area contributed by atoms with Crippen molar-refractivity contribution in [3.8, 4) is 0 Å². The number of aromatic nitrogens is 2. The third-order valence-electron chi connectivity index (χ3n) is 2.87. The molecule has 1 unspecified atom stereocenters. The zero-order valence-corrected chi connectivity index (χ0v) is 9.87. The Kier molecular flexibility index (Phi) is 2.71. The van der Waals surface area contributed by atoms with E-state index in [0.29, 0.717) is 6.54 Å². The van der Waals surface area contributed by atoms with Gasteiger partial charge >= 0.3 is 6.03 Å². The Hall–Kier alpha value is -2.11. The minimum atomic E-state index is -0.390. The summed E-state index contributed by atoms with van der Waals surface area (Å²) in [7, 11) is 0. The summed E-state index contributed by atoms with van der Waals surface area (Å²) >= 11 is 0. The summed E-state index contributed by atoms with van der Waals surface area (Å²) < 4.78 is 0. The number of hydrogen-bond donors (Lipinski definition) is 3. The van der Waals surface area contributed by atoms with Gasteiger partial charge in [-0.25, -0.2) is 4.79 Å². The molecule has 0 bridgehead atoms. The number of hydrogen-bond acceptors (Lipinski definition) is 3. The zero-order chi connectivity index (χ0) is 12.6. The number of amides is 2. The fraction of sp³-hybridized carbons (Fsp3) is 0.364. The Labute approximate surface area is 99.2 Å². The molecule has 2 amide bonds. The third kappa shape index (κ3) is 1.71. The van der Waals surface area contributed by atoms with Crippen molar-refractivity contribution in [1.82, 2.24) is 20.4 Å². The highest BCUT2D eigenvalue weighted by Crippen LogP contribution is 2.29. The molecule has 2 rings (SSSR count). The minimum absolute atomic E-state index is 0.185. The topological polar surface area (TPSA) is 84.9 Å². The maximum Gasteiger partial charge on any atom is 0.323 e. The molecule has 3 N–H and O–H groups in total. The lowest BCUT2D eigenvalue weighted by atomic mass is 10.0. The molecule has 1 atom stereocenters. The van der Waals surface area contributed by atoms with Gasteiger partial charge in [-0.15, -0.1) is 6.58 Å². The number of urea groups is 1. The molecule has 1 fully saturated rings. The quantitative estimate of drug-likeness (QED) is 0.686. The summed E-state index contributed by atoms with van der Waals surface area (Å²) in [6, 6.07) is -0.654. The van der Waals surface area contributed by atoms with E-state index in [4.69, 9.17) is 5.41 Å². The van der Waals surface area contributed by atoms with Crippen LogP contribution in [0.15, 0.2) is 12.7 Å². The van der Waals surface area contributed by atoms with Crippen LogP contribution in [0.4, 0.5) is 4.79 Å². The lowest BCUT2D eigenvalue weighted by molar-refractivity contribution is 0.211. The van der Waals surface area contributed by atoms with Crippen LogP contribution in [-0.2, 0) is 0 Å². The van der Waals surface area contributed by atoms with Gasteiger partial charge in [-0.1, -0.05) is 6.08 Å². The largest absolute Gasteiger partial charge is 0.323 e. The molecule has 2 heterocycles. The molecule has 6 heteroatoms. The Bertz CT molecular complexity index is 471. The summed E-state index contributed by atoms with van der Waals surface area (Å²) in [6.07, 6.45) is 1.65. The van der Waals surface area contributed by atoms with Gasteiger partial charge < -0.3 is 4.90 Å². The first kappa shape index (κ1) is 11.4. The summed E-state index contributed by atoms with van der Waals surface area (Å²) in [5, 5.41) is 17.4. The molecule has 17 heavy (non-hydrogen) atoms. The maximum atomic E-state index is 11.7. The fourth-order valence-corrected chi connectivity index (χ4v) is 2.12. The summed E-state index contributed by atoms with van der Waals surface area (Å²) in [5.41, 5.74) is 2.57. The van der Waals surface area contributed by atoms with Gasteiger partial charge in [-0.2, -0.15) is 5.10 Å². The van der Waals surface area contributed by atoms with E-state index < -0.39 is 0 Å². The average Bonchev–Trinajstić information content (AvgIpc) is 2.71. The van der Waals surface area contributed by atoms with Crippen LogP contribution in [0.1, 0.15) is 23.0 Å². The van der Waals surface area contributed by atoms with Crippen molar-refractivity contribution in [3.05, 3.63) is 29.6 Å². The second-order valence-corrected chi connectivity index (χ2v) is 4.04. The van der Waals surface area contributed by atoms with Gasteiger partial charge in [0.15, 0.2) is 0 Å². The Morgan fingerprint density at radius 2 is 2.29 bits per heavy atom. The van der Waals surface area contributed by atoms with Gasteiger partial charge in [0.1, 0.15) is 11.9 Å². The van der Waals surface area contributed by atoms with Gasteiger partial charge in [-0.3, -0.25) is 15.8 Å². The minimum Gasteiger partial charge on any atom is -0.306 e. The molecule has 1 aromatic rings. The number of aryl methyl sites for hydroxylation is 2. The van der Waals surface area contributed by atoms with Gasteiger partial charge in [0.05, 0.1) is 5.69 Å². The van der Waals surface area contributed by atoms with Gasteiger partial charge in [0.2, 0.25) is 0 Å². The number of nitrogens with zero attached hydrogens (tertiary/aromatic N) is 2. The molecule has 0 aromatic carbocycles. The van der Waals surface area contributed by atoms with Crippen molar-refractivity contribution in [2.24, 2.45) is 0 Å². The van der Waals surface area contributed by atoms with Gasteiger partial charge in [0.25, 0.3) is 0 Å². The molecule has 0 saturated carbocycles. The summed E-state index contributed by atoms with van der Waals surface area (Å²) in [6.45, 7) is 7.78. The fourth-order valence-electron chi connectivity index (χ4n) is 2.12. The molecule has 0 aliphatic carbocycles. The number of amidine groups is 1. The maximum absolute atomic E-state index is 11.7. The van der Waals surface area contributed by atoms with Crippen molar-refractivity contribution in [1.29, 1.82) is 5.41 Å². The van der Waals surface area contributed by atoms with E-state index in [0.717, 1.165) is 17.0 Å². The van der Waals surface area contributed by atoms with Crippen LogP contribution in [0.2, 0.25) is 0 Å². The molecule has 6 nitrogen and oxygen atoms in total. The average molecular weight is 233 g/mol. The Morgan fingerprint density at radius 3 is 2.82 bits per heavy atom. The van der Waals surface area contributed by atoms with Crippen LogP contribution in [0.5, 0.6) is 0 Å². The van der Waals surface area contributed by atoms with Crippen molar-refractivity contribution in [3.63, 3.8) is 0 Å². The first-order chi connectivity index (χ1) is 8.06. The number of nitrogens with one attached hydrogen (secondary N) is 3. The highest BCUT2D eigenvalue weighted by atomic mass is 16.2. The number of aromatic amines is 1. The van der Waals surface area contributed by atoms with Crippen molar-refractivity contribution >= 4 is 11.9 Å². The number of rotatable bonds is 3. The van der Waals surface area contributed by atoms with E-state index in [2.05, 4.69) is 22.1 Å². The monoisotopic (exact) mass is 233 g/mol. The highest BCUT2D eigenvalue weighted by molar-refractivity contribution is 6.06. The van der Waals surface area contributed by atoms with Crippen LogP contribution in [0.3, 0.4) is 0 Å². The van der Waals surface area contributed by atoms with Crippen LogP contribution >= 0.6 is 0 Å². The molecule has 1 saturated heterocycles. The van der Waals surface area contributed by atoms with E-state index in [-0.39, 0.29) is 17.9 Å². The predicted octanol–water partition coefficient (Wildman–Crippen LogP) is 1.26. The normalized spacial score (nSPS) is 19.6. The molecule has 90 valence electrons. The Morgan fingerprint density at radius 1 is 1.59 bits per heavy atom. The molecular formula is C11H15N5O. The molecule has 0 spiro atoms. The number of H-pyrrole nitrogens is 1. The number of carbonyl (C=O) groups excluding carboxylic acids is 1. The van der Waals surface area contributed by atoms with E-state index in [9.17, 15) is 4.79 Å². The summed E-state index contributed by atoms with van der Waals surface area (Å²) in [5.74, 6) is 0.185. The van der Waals surface area contributed by atoms with Crippen molar-refractivity contribution < 1.29 is 4.79 Å². The Balaban J connectivity index is 2.45. The zero-order valence-electron chi connectivity index (χ0n) is 9.87. The first-order valence-corrected chi connectivity index (χ1v) is 5.34. The van der Waals surface area contributed by atoms with Crippen LogP contribution in [-0.4, -0.2) is 33.5 Å². The van der Waals surface area contributed by atoms with Gasteiger partial charge in [0, 0.05) is 17.8 Å². The van der Waals surface area contributed by atoms with Crippen molar-refractivity contribution in [2.75, 3.05) is 6.54 Å². The van der Waals surface area contributed by atoms with Crippen LogP contribution in [0, 0.1) is 19.3 Å². The highest BCUT2D eigenvalue weighted by Gasteiger charge is 2.38. The van der Waals surface area contributed by atoms with Crippen molar-refractivity contribution in [2.45, 2.75) is 19.9 Å². The van der Waals surface area contributed by atoms with E-state index in [1.807, 2.05) is 13.8 Å². The van der Waals surface area contributed by atoms with Crippen LogP contribution in [0.25, 0.3) is 0 Å². The van der Waals surface area contributed by atoms with Crippen LogP contribution < -0.4 is 5.32 Å². The van der Waals surface area contributed by atoms with Gasteiger partial charge in [-0.05, 0) is 13.8 Å². The standard InChI is InChI=1S/C11H15N5O/c1-4-5-16-9(10(12)13-11(16)17)8-6(2)14-15-7(8)3/h4,9H,1,5H2,2-3H3,(H,14,15)(H2,12,13,17). The summed E-state index contributed by atoms with van der Waals surface area (Å²) in [4.78, 5) is 13.3. The number of carbonyl (C=O) groups is 1. The SMILES string of the molecule is C=CCN1C(=O)NC(=N)C1c1c(C)n[nH]c1C. The third-order valence-corrected chi connectivity index (χ3v) is 2.87.